The molecule has 1 aliphatic rings. The number of hydrogen-bond donors (Lipinski definition) is 2. The Morgan fingerprint density at radius 3 is 1.91 bits per heavy atom. The Labute approximate surface area is 188 Å². The molecular formula is C21H30F6N2O4. The Morgan fingerprint density at radius 1 is 1.09 bits per heavy atom. The summed E-state index contributed by atoms with van der Waals surface area (Å²) in [7, 11) is 4.75. The van der Waals surface area contributed by atoms with Gasteiger partial charge in [0.25, 0.3) is 0 Å². The molecule has 2 unspecified atom stereocenters. The average molecular weight is 488 g/mol. The SMILES string of the molecule is CC1CC1C[N+](C)(C)CCCNCc1ccccc1.O=C(O)C(F)(F)F.O=C([O-])C(F)(F)F. The van der Waals surface area contributed by atoms with E-state index < -0.39 is 24.3 Å². The molecule has 0 amide bonds. The summed E-state index contributed by atoms with van der Waals surface area (Å²) >= 11 is 0. The molecule has 1 aromatic carbocycles. The molecule has 0 saturated heterocycles. The molecule has 0 aromatic heterocycles. The van der Waals surface area contributed by atoms with Crippen molar-refractivity contribution in [1.29, 1.82) is 0 Å². The molecule has 12 heteroatoms. The summed E-state index contributed by atoms with van der Waals surface area (Å²) in [5.74, 6) is -3.79. The lowest BCUT2D eigenvalue weighted by atomic mass is 10.2. The van der Waals surface area contributed by atoms with Crippen molar-refractivity contribution in [3.05, 3.63) is 35.9 Å². The molecule has 2 atom stereocenters. The lowest BCUT2D eigenvalue weighted by Crippen LogP contribution is -2.43. The molecule has 0 spiro atoms. The van der Waals surface area contributed by atoms with Crippen LogP contribution in [0, 0.1) is 11.8 Å². The van der Waals surface area contributed by atoms with Crippen LogP contribution in [0.25, 0.3) is 0 Å². The fourth-order valence-electron chi connectivity index (χ4n) is 2.84. The van der Waals surface area contributed by atoms with Crippen molar-refractivity contribution >= 4 is 11.9 Å². The van der Waals surface area contributed by atoms with Gasteiger partial charge in [-0.1, -0.05) is 37.3 Å². The molecule has 33 heavy (non-hydrogen) atoms. The fraction of sp³-hybridized carbons (Fsp3) is 0.619. The van der Waals surface area contributed by atoms with Crippen molar-refractivity contribution in [2.24, 2.45) is 11.8 Å². The van der Waals surface area contributed by atoms with Gasteiger partial charge in [-0.15, -0.1) is 0 Å². The number of rotatable bonds is 8. The summed E-state index contributed by atoms with van der Waals surface area (Å²) in [6.07, 6.45) is -7.56. The first-order valence-corrected chi connectivity index (χ1v) is 10.1. The van der Waals surface area contributed by atoms with Gasteiger partial charge in [0.15, 0.2) is 0 Å². The number of alkyl halides is 6. The fourth-order valence-corrected chi connectivity index (χ4v) is 2.84. The van der Waals surface area contributed by atoms with Crippen molar-refractivity contribution < 1.29 is 50.6 Å². The minimum atomic E-state index is -5.19. The number of benzene rings is 1. The van der Waals surface area contributed by atoms with E-state index in [1.165, 1.54) is 36.0 Å². The minimum absolute atomic E-state index is 0.980. The quantitative estimate of drug-likeness (QED) is 0.334. The zero-order valence-electron chi connectivity index (χ0n) is 18.7. The Kier molecular flexibility index (Phi) is 12.4. The standard InChI is InChI=1S/C17H29N2.2C2HF3O2/c1-15-12-17(15)14-19(2,3)11-7-10-18-13-16-8-5-4-6-9-16;2*3-2(4,5)1(6)7/h4-6,8-9,15,17-18H,7,10-14H2,1-3H3;2*(H,6,7)/q+1;;/p-1. The van der Waals surface area contributed by atoms with E-state index in [2.05, 4.69) is 56.7 Å². The van der Waals surface area contributed by atoms with Crippen LogP contribution in [0.1, 0.15) is 25.3 Å². The Bertz CT molecular complexity index is 700. The number of aliphatic carboxylic acids is 2. The predicted molar refractivity (Wildman–Crippen MR) is 107 cm³/mol. The molecule has 6 nitrogen and oxygen atoms in total. The third-order valence-corrected chi connectivity index (χ3v) is 4.77. The summed E-state index contributed by atoms with van der Waals surface area (Å²) in [4.78, 5) is 17.7. The number of carboxylic acids is 2. The predicted octanol–water partition coefficient (Wildman–Crippen LogP) is 2.83. The number of halogens is 6. The second-order valence-electron chi connectivity index (χ2n) is 8.42. The zero-order chi connectivity index (χ0) is 25.9. The molecule has 0 bridgehead atoms. The number of carboxylic acid groups (broad SMARTS) is 2. The highest BCUT2D eigenvalue weighted by molar-refractivity contribution is 5.73. The number of carbonyl (C=O) groups excluding carboxylic acids is 1. The lowest BCUT2D eigenvalue weighted by Gasteiger charge is -2.30. The molecule has 0 aliphatic heterocycles. The largest absolute Gasteiger partial charge is 0.542 e. The van der Waals surface area contributed by atoms with Crippen molar-refractivity contribution in [1.82, 2.24) is 5.32 Å². The lowest BCUT2D eigenvalue weighted by molar-refractivity contribution is -0.892. The van der Waals surface area contributed by atoms with Gasteiger partial charge in [0.1, 0.15) is 5.97 Å². The van der Waals surface area contributed by atoms with E-state index in [-0.39, 0.29) is 0 Å². The zero-order valence-corrected chi connectivity index (χ0v) is 18.7. The van der Waals surface area contributed by atoms with Crippen molar-refractivity contribution in [3.63, 3.8) is 0 Å². The monoisotopic (exact) mass is 488 g/mol. The van der Waals surface area contributed by atoms with Crippen LogP contribution in [0.3, 0.4) is 0 Å². The molecule has 190 valence electrons. The number of nitrogens with zero attached hydrogens (tertiary/aromatic N) is 1. The van der Waals surface area contributed by atoms with Crippen LogP contribution >= 0.6 is 0 Å². The minimum Gasteiger partial charge on any atom is -0.542 e. The molecule has 2 N–H and O–H groups in total. The smallest absolute Gasteiger partial charge is 0.490 e. The summed E-state index contributed by atoms with van der Waals surface area (Å²) < 4.78 is 64.5. The van der Waals surface area contributed by atoms with E-state index in [4.69, 9.17) is 19.8 Å². The van der Waals surface area contributed by atoms with E-state index in [1.807, 2.05) is 0 Å². The number of quaternary nitrogens is 1. The molecule has 2 rings (SSSR count). The van der Waals surface area contributed by atoms with Gasteiger partial charge in [-0.05, 0) is 17.9 Å². The summed E-state index contributed by atoms with van der Waals surface area (Å²) in [6, 6.07) is 10.6. The normalized spacial score (nSPS) is 17.7. The highest BCUT2D eigenvalue weighted by atomic mass is 19.4. The van der Waals surface area contributed by atoms with Gasteiger partial charge in [-0.3, -0.25) is 0 Å². The Morgan fingerprint density at radius 2 is 1.55 bits per heavy atom. The maximum Gasteiger partial charge on any atom is 0.490 e. The van der Waals surface area contributed by atoms with Gasteiger partial charge >= 0.3 is 18.3 Å². The first kappa shape index (κ1) is 30.7. The van der Waals surface area contributed by atoms with Gasteiger partial charge in [0.05, 0.1) is 27.2 Å². The topological polar surface area (TPSA) is 89.5 Å². The third kappa shape index (κ3) is 16.0. The second-order valence-corrected chi connectivity index (χ2v) is 8.42. The van der Waals surface area contributed by atoms with Crippen LogP contribution in [-0.4, -0.2) is 67.6 Å². The maximum absolute atomic E-state index is 10.6. The highest BCUT2D eigenvalue weighted by Gasteiger charge is 2.38. The van der Waals surface area contributed by atoms with Crippen molar-refractivity contribution in [2.75, 3.05) is 33.7 Å². The summed E-state index contributed by atoms with van der Waals surface area (Å²) in [6.45, 7) is 7.14. The Hall–Kier alpha value is -2.34. The van der Waals surface area contributed by atoms with Crippen LogP contribution in [0.5, 0.6) is 0 Å². The second kappa shape index (κ2) is 13.4. The summed E-state index contributed by atoms with van der Waals surface area (Å²) in [5, 5.41) is 19.5. The van der Waals surface area contributed by atoms with Crippen molar-refractivity contribution in [3.8, 4) is 0 Å². The van der Waals surface area contributed by atoms with Crippen molar-refractivity contribution in [2.45, 2.75) is 38.7 Å². The molecule has 0 heterocycles. The van der Waals surface area contributed by atoms with Crippen LogP contribution in [0.4, 0.5) is 26.3 Å². The van der Waals surface area contributed by atoms with Gasteiger partial charge in [0, 0.05) is 25.4 Å². The number of nitrogens with one attached hydrogen (secondary N) is 1. The molecule has 1 saturated carbocycles. The first-order chi connectivity index (χ1) is 15.0. The van der Waals surface area contributed by atoms with Gasteiger partial charge in [-0.2, -0.15) is 26.3 Å². The molecule has 1 aromatic rings. The van der Waals surface area contributed by atoms with Crippen LogP contribution < -0.4 is 10.4 Å². The third-order valence-electron chi connectivity index (χ3n) is 4.77. The molecular weight excluding hydrogens is 458 g/mol. The Balaban J connectivity index is 0.000000605. The number of hydrogen-bond acceptors (Lipinski definition) is 4. The van der Waals surface area contributed by atoms with Crippen LogP contribution in [0.15, 0.2) is 30.3 Å². The van der Waals surface area contributed by atoms with E-state index in [9.17, 15) is 26.3 Å². The number of carbonyl (C=O) groups is 2. The highest BCUT2D eigenvalue weighted by Crippen LogP contribution is 2.39. The van der Waals surface area contributed by atoms with Crippen LogP contribution in [-0.2, 0) is 16.1 Å². The van der Waals surface area contributed by atoms with Gasteiger partial charge in [0.2, 0.25) is 0 Å². The van der Waals surface area contributed by atoms with E-state index in [0.717, 1.165) is 24.9 Å². The maximum atomic E-state index is 10.6. The summed E-state index contributed by atoms with van der Waals surface area (Å²) in [5.41, 5.74) is 1.38. The van der Waals surface area contributed by atoms with E-state index in [0.29, 0.717) is 0 Å². The molecule has 0 radical (unpaired) electrons. The van der Waals surface area contributed by atoms with E-state index >= 15 is 0 Å². The molecule has 1 fully saturated rings. The van der Waals surface area contributed by atoms with E-state index in [1.54, 1.807) is 0 Å². The van der Waals surface area contributed by atoms with Crippen LogP contribution in [0.2, 0.25) is 0 Å². The van der Waals surface area contributed by atoms with Gasteiger partial charge in [-0.25, -0.2) is 4.79 Å². The average Bonchev–Trinajstić information content (AvgIpc) is 3.35. The van der Waals surface area contributed by atoms with Gasteiger partial charge < -0.3 is 24.8 Å². The first-order valence-electron chi connectivity index (χ1n) is 10.1. The molecule has 1 aliphatic carbocycles.